The summed E-state index contributed by atoms with van der Waals surface area (Å²) in [4.78, 5) is 2.38. The highest BCUT2D eigenvalue weighted by Gasteiger charge is 2.22. The van der Waals surface area contributed by atoms with Crippen molar-refractivity contribution in [2.24, 2.45) is 5.73 Å². The van der Waals surface area contributed by atoms with Gasteiger partial charge in [0.2, 0.25) is 0 Å². The van der Waals surface area contributed by atoms with Gasteiger partial charge in [0.1, 0.15) is 5.75 Å². The Bertz CT molecular complexity index is 429. The van der Waals surface area contributed by atoms with Gasteiger partial charge >= 0.3 is 0 Å². The minimum Gasteiger partial charge on any atom is -0.493 e. The third-order valence-corrected chi connectivity index (χ3v) is 4.18. The van der Waals surface area contributed by atoms with Crippen molar-refractivity contribution in [2.75, 3.05) is 20.2 Å². The van der Waals surface area contributed by atoms with Crippen LogP contribution >= 0.6 is 0 Å². The number of hydrogen-bond acceptors (Lipinski definition) is 3. The molecule has 19 heavy (non-hydrogen) atoms. The Kier molecular flexibility index (Phi) is 4.48. The van der Waals surface area contributed by atoms with E-state index in [9.17, 15) is 0 Å². The number of nitrogens with two attached hydrogens (primary N) is 1. The number of hydrogen-bond donors (Lipinski definition) is 1. The maximum absolute atomic E-state index is 5.69. The maximum atomic E-state index is 5.69. The lowest BCUT2D eigenvalue weighted by molar-refractivity contribution is 0.140. The molecule has 1 aliphatic rings. The number of rotatable bonds is 5. The van der Waals surface area contributed by atoms with E-state index in [0.717, 1.165) is 44.7 Å². The first-order valence-corrected chi connectivity index (χ1v) is 7.19. The summed E-state index contributed by atoms with van der Waals surface area (Å²) in [5, 5.41) is 0. The van der Waals surface area contributed by atoms with Crippen LogP contribution in [0, 0.1) is 0 Å². The van der Waals surface area contributed by atoms with Gasteiger partial charge in [-0.05, 0) is 63.9 Å². The third-order valence-electron chi connectivity index (χ3n) is 4.18. The van der Waals surface area contributed by atoms with Gasteiger partial charge in [0, 0.05) is 12.1 Å². The Morgan fingerprint density at radius 3 is 2.89 bits per heavy atom. The van der Waals surface area contributed by atoms with Crippen molar-refractivity contribution >= 4 is 0 Å². The highest BCUT2D eigenvalue weighted by molar-refractivity contribution is 5.38. The Labute approximate surface area is 116 Å². The zero-order valence-corrected chi connectivity index (χ0v) is 12.4. The lowest BCUT2D eigenvalue weighted by atomic mass is 9.97. The lowest BCUT2D eigenvalue weighted by Gasteiger charge is -2.35. The Morgan fingerprint density at radius 2 is 2.16 bits per heavy atom. The molecule has 0 spiro atoms. The first kappa shape index (κ1) is 14.4. The lowest BCUT2D eigenvalue weighted by Crippen LogP contribution is -2.42. The molecule has 0 atom stereocenters. The predicted octanol–water partition coefficient (Wildman–Crippen LogP) is 2.57. The highest BCUT2D eigenvalue weighted by Crippen LogP contribution is 2.27. The summed E-state index contributed by atoms with van der Waals surface area (Å²) in [7, 11) is 2.17. The molecule has 0 unspecified atom stereocenters. The van der Waals surface area contributed by atoms with Crippen LogP contribution in [0.1, 0.15) is 37.8 Å². The van der Waals surface area contributed by atoms with E-state index in [1.54, 1.807) is 0 Å². The van der Waals surface area contributed by atoms with Crippen LogP contribution in [-0.4, -0.2) is 30.6 Å². The van der Waals surface area contributed by atoms with Crippen LogP contribution in [0.2, 0.25) is 0 Å². The van der Waals surface area contributed by atoms with Gasteiger partial charge in [-0.15, -0.1) is 0 Å². The van der Waals surface area contributed by atoms with E-state index in [1.165, 1.54) is 11.1 Å². The van der Waals surface area contributed by atoms with E-state index < -0.39 is 0 Å². The maximum Gasteiger partial charge on any atom is 0.122 e. The van der Waals surface area contributed by atoms with Crippen molar-refractivity contribution in [3.8, 4) is 5.75 Å². The number of ether oxygens (including phenoxy) is 1. The van der Waals surface area contributed by atoms with Crippen molar-refractivity contribution in [3.63, 3.8) is 0 Å². The predicted molar refractivity (Wildman–Crippen MR) is 79.5 cm³/mol. The number of fused-ring (bicyclic) bond motifs is 1. The zero-order chi connectivity index (χ0) is 13.9. The van der Waals surface area contributed by atoms with Gasteiger partial charge in [0.15, 0.2) is 0 Å². The number of nitrogens with zero attached hydrogens (tertiary/aromatic N) is 1. The summed E-state index contributed by atoms with van der Waals surface area (Å²) in [6.45, 7) is 7.05. The van der Waals surface area contributed by atoms with E-state index in [2.05, 4.69) is 44.0 Å². The molecule has 3 heteroatoms. The van der Waals surface area contributed by atoms with Crippen molar-refractivity contribution in [1.29, 1.82) is 0 Å². The van der Waals surface area contributed by atoms with Gasteiger partial charge < -0.3 is 10.5 Å². The SMILES string of the molecule is CN(Cc1ccc2c(c1)CCCO2)C(C)(C)CCN. The van der Waals surface area contributed by atoms with Gasteiger partial charge in [0.25, 0.3) is 0 Å². The van der Waals surface area contributed by atoms with E-state index in [4.69, 9.17) is 10.5 Å². The third kappa shape index (κ3) is 3.48. The Morgan fingerprint density at radius 1 is 1.37 bits per heavy atom. The molecule has 0 amide bonds. The summed E-state index contributed by atoms with van der Waals surface area (Å²) >= 11 is 0. The summed E-state index contributed by atoms with van der Waals surface area (Å²) in [6.07, 6.45) is 3.28. The second kappa shape index (κ2) is 5.93. The first-order valence-electron chi connectivity index (χ1n) is 7.19. The van der Waals surface area contributed by atoms with Gasteiger partial charge in [-0.2, -0.15) is 0 Å². The van der Waals surface area contributed by atoms with E-state index in [0.29, 0.717) is 0 Å². The monoisotopic (exact) mass is 262 g/mol. The normalized spacial score (nSPS) is 15.2. The van der Waals surface area contributed by atoms with Gasteiger partial charge in [-0.25, -0.2) is 0 Å². The average molecular weight is 262 g/mol. The summed E-state index contributed by atoms with van der Waals surface area (Å²) in [5.41, 5.74) is 8.55. The average Bonchev–Trinajstić information content (AvgIpc) is 2.38. The largest absolute Gasteiger partial charge is 0.493 e. The molecular formula is C16H26N2O. The quantitative estimate of drug-likeness (QED) is 0.886. The molecular weight excluding hydrogens is 236 g/mol. The number of aryl methyl sites for hydroxylation is 1. The van der Waals surface area contributed by atoms with Crippen LogP contribution in [0.25, 0.3) is 0 Å². The van der Waals surface area contributed by atoms with Crippen LogP contribution < -0.4 is 10.5 Å². The molecule has 2 rings (SSSR count). The molecule has 2 N–H and O–H groups in total. The molecule has 1 aromatic carbocycles. The molecule has 3 nitrogen and oxygen atoms in total. The van der Waals surface area contributed by atoms with Crippen molar-refractivity contribution < 1.29 is 4.74 Å². The second-order valence-electron chi connectivity index (χ2n) is 6.10. The van der Waals surface area contributed by atoms with E-state index in [1.807, 2.05) is 0 Å². The van der Waals surface area contributed by atoms with Crippen LogP contribution in [0.4, 0.5) is 0 Å². The molecule has 0 saturated heterocycles. The van der Waals surface area contributed by atoms with Crippen molar-refractivity contribution in [2.45, 2.75) is 45.2 Å². The fraction of sp³-hybridized carbons (Fsp3) is 0.625. The van der Waals surface area contributed by atoms with Crippen molar-refractivity contribution in [3.05, 3.63) is 29.3 Å². The van der Waals surface area contributed by atoms with Crippen molar-refractivity contribution in [1.82, 2.24) is 4.90 Å². The zero-order valence-electron chi connectivity index (χ0n) is 12.4. The number of benzene rings is 1. The first-order chi connectivity index (χ1) is 9.03. The van der Waals surface area contributed by atoms with Crippen LogP contribution in [0.15, 0.2) is 18.2 Å². The molecule has 1 heterocycles. The van der Waals surface area contributed by atoms with E-state index in [-0.39, 0.29) is 5.54 Å². The summed E-state index contributed by atoms with van der Waals surface area (Å²) < 4.78 is 5.66. The second-order valence-corrected chi connectivity index (χ2v) is 6.10. The summed E-state index contributed by atoms with van der Waals surface area (Å²) in [6, 6.07) is 6.59. The van der Waals surface area contributed by atoms with E-state index >= 15 is 0 Å². The molecule has 0 saturated carbocycles. The van der Waals surface area contributed by atoms with Gasteiger partial charge in [-0.3, -0.25) is 4.90 Å². The van der Waals surface area contributed by atoms with Crippen LogP contribution in [0.5, 0.6) is 5.75 Å². The van der Waals surface area contributed by atoms with Gasteiger partial charge in [-0.1, -0.05) is 12.1 Å². The Balaban J connectivity index is 2.07. The molecule has 106 valence electrons. The smallest absolute Gasteiger partial charge is 0.122 e. The molecule has 0 bridgehead atoms. The topological polar surface area (TPSA) is 38.5 Å². The minimum absolute atomic E-state index is 0.140. The Hall–Kier alpha value is -1.06. The molecule has 0 aromatic heterocycles. The minimum atomic E-state index is 0.140. The molecule has 0 fully saturated rings. The standard InChI is InChI=1S/C16H26N2O/c1-16(2,8-9-17)18(3)12-13-6-7-15-14(11-13)5-4-10-19-15/h6-7,11H,4-5,8-10,12,17H2,1-3H3. The van der Waals surface area contributed by atoms with Gasteiger partial charge in [0.05, 0.1) is 6.61 Å². The molecule has 1 aromatic rings. The molecule has 0 radical (unpaired) electrons. The fourth-order valence-corrected chi connectivity index (χ4v) is 2.54. The molecule has 1 aliphatic heterocycles. The van der Waals surface area contributed by atoms with Crippen LogP contribution in [-0.2, 0) is 13.0 Å². The van der Waals surface area contributed by atoms with Crippen LogP contribution in [0.3, 0.4) is 0 Å². The highest BCUT2D eigenvalue weighted by atomic mass is 16.5. The summed E-state index contributed by atoms with van der Waals surface area (Å²) in [5.74, 6) is 1.07. The molecule has 0 aliphatic carbocycles. The fourth-order valence-electron chi connectivity index (χ4n) is 2.54.